The van der Waals surface area contributed by atoms with E-state index in [1.807, 2.05) is 0 Å². The van der Waals surface area contributed by atoms with Crippen molar-refractivity contribution in [1.29, 1.82) is 0 Å². The van der Waals surface area contributed by atoms with Gasteiger partial charge in [0.25, 0.3) is 5.91 Å². The lowest BCUT2D eigenvalue weighted by Gasteiger charge is -2.13. The van der Waals surface area contributed by atoms with Gasteiger partial charge < -0.3 is 14.8 Å². The van der Waals surface area contributed by atoms with Crippen molar-refractivity contribution in [2.45, 2.75) is 20.5 Å². The monoisotopic (exact) mass is 370 g/mol. The van der Waals surface area contributed by atoms with E-state index in [2.05, 4.69) is 15.2 Å². The number of carbonyl (C=O) groups excluding carboxylic acids is 1. The summed E-state index contributed by atoms with van der Waals surface area (Å²) in [6.07, 6.45) is 0. The number of nitrogens with one attached hydrogen (secondary N) is 1. The summed E-state index contributed by atoms with van der Waals surface area (Å²) in [5, 5.41) is 17.5. The number of amides is 1. The van der Waals surface area contributed by atoms with E-state index in [-0.39, 0.29) is 35.2 Å². The molecule has 1 amide bonds. The van der Waals surface area contributed by atoms with Crippen LogP contribution in [0.1, 0.15) is 23.1 Å². The summed E-state index contributed by atoms with van der Waals surface area (Å²) in [5.74, 6) is -0.965. The number of carbonyl (C=O) groups is 1. The molecule has 1 aromatic heterocycles. The zero-order valence-electron chi connectivity index (χ0n) is 14.2. The molecule has 0 fully saturated rings. The lowest BCUT2D eigenvalue weighted by Crippen LogP contribution is -2.17. The molecule has 9 nitrogen and oxygen atoms in total. The molecule has 0 unspecified atom stereocenters. The lowest BCUT2D eigenvalue weighted by atomic mass is 10.2. The molecule has 11 heteroatoms. The van der Waals surface area contributed by atoms with E-state index in [1.165, 1.54) is 32.2 Å². The maximum atomic E-state index is 12.4. The average molecular weight is 370 g/mol. The number of halogens is 2. The molecule has 0 aliphatic carbocycles. The molecule has 1 aromatic carbocycles. The van der Waals surface area contributed by atoms with Gasteiger partial charge in [-0.2, -0.15) is 13.9 Å². The van der Waals surface area contributed by atoms with Crippen molar-refractivity contribution in [3.05, 3.63) is 39.7 Å². The highest BCUT2D eigenvalue weighted by Gasteiger charge is 2.29. The van der Waals surface area contributed by atoms with Crippen molar-refractivity contribution in [3.63, 3.8) is 0 Å². The minimum Gasteiger partial charge on any atom is -0.490 e. The SMILES string of the molecule is CCOc1cc(NC(=O)c2c([N+](=O)[O-])c(C)nn2C)ccc1OC(F)F. The van der Waals surface area contributed by atoms with Gasteiger partial charge in [0.2, 0.25) is 5.69 Å². The first-order valence-corrected chi connectivity index (χ1v) is 7.45. The summed E-state index contributed by atoms with van der Waals surface area (Å²) in [5.41, 5.74) is -0.363. The predicted molar refractivity (Wildman–Crippen MR) is 86.8 cm³/mol. The zero-order chi connectivity index (χ0) is 19.4. The van der Waals surface area contributed by atoms with Crippen molar-refractivity contribution in [1.82, 2.24) is 9.78 Å². The van der Waals surface area contributed by atoms with E-state index in [4.69, 9.17) is 4.74 Å². The molecule has 140 valence electrons. The maximum Gasteiger partial charge on any atom is 0.387 e. The van der Waals surface area contributed by atoms with Crippen molar-refractivity contribution in [2.24, 2.45) is 7.05 Å². The van der Waals surface area contributed by atoms with Crippen molar-refractivity contribution < 1.29 is 28.0 Å². The number of hydrogen-bond donors (Lipinski definition) is 1. The number of anilines is 1. The minimum atomic E-state index is -3.03. The van der Waals surface area contributed by atoms with Crippen LogP contribution in [0.25, 0.3) is 0 Å². The summed E-state index contributed by atoms with van der Waals surface area (Å²) < 4.78 is 35.5. The third kappa shape index (κ3) is 4.05. The molecule has 0 aliphatic heterocycles. The average Bonchev–Trinajstić information content (AvgIpc) is 2.84. The fourth-order valence-electron chi connectivity index (χ4n) is 2.36. The Labute approximate surface area is 146 Å². The van der Waals surface area contributed by atoms with Crippen LogP contribution in [0.2, 0.25) is 0 Å². The molecule has 0 spiro atoms. The van der Waals surface area contributed by atoms with Gasteiger partial charge in [-0.25, -0.2) is 0 Å². The zero-order valence-corrected chi connectivity index (χ0v) is 14.2. The summed E-state index contributed by atoms with van der Waals surface area (Å²) in [4.78, 5) is 22.9. The third-order valence-corrected chi connectivity index (χ3v) is 3.31. The van der Waals surface area contributed by atoms with Crippen LogP contribution in [-0.4, -0.2) is 33.8 Å². The Morgan fingerprint density at radius 2 is 2.12 bits per heavy atom. The number of aryl methyl sites for hydroxylation is 2. The first-order valence-electron chi connectivity index (χ1n) is 7.45. The second-order valence-electron chi connectivity index (χ2n) is 5.09. The Kier molecular flexibility index (Phi) is 5.70. The van der Waals surface area contributed by atoms with Gasteiger partial charge in [-0.15, -0.1) is 0 Å². The van der Waals surface area contributed by atoms with Crippen LogP contribution >= 0.6 is 0 Å². The number of hydrogen-bond acceptors (Lipinski definition) is 6. The standard InChI is InChI=1S/C15H16F2N4O5/c1-4-25-11-7-9(5-6-10(11)26-15(16)17)18-14(22)13-12(21(23)24)8(2)19-20(13)3/h5-7,15H,4H2,1-3H3,(H,18,22). The highest BCUT2D eigenvalue weighted by molar-refractivity contribution is 6.06. The molecule has 0 radical (unpaired) electrons. The Bertz CT molecular complexity index is 838. The van der Waals surface area contributed by atoms with Gasteiger partial charge in [-0.1, -0.05) is 0 Å². The van der Waals surface area contributed by atoms with Crippen LogP contribution in [-0.2, 0) is 7.05 Å². The number of rotatable bonds is 7. The van der Waals surface area contributed by atoms with Gasteiger partial charge in [0.15, 0.2) is 11.5 Å². The Balaban J connectivity index is 2.32. The third-order valence-electron chi connectivity index (χ3n) is 3.31. The van der Waals surface area contributed by atoms with E-state index in [9.17, 15) is 23.7 Å². The van der Waals surface area contributed by atoms with Crippen LogP contribution in [0.5, 0.6) is 11.5 Å². The Hall–Kier alpha value is -3.24. The Morgan fingerprint density at radius 3 is 2.69 bits per heavy atom. The number of nitrogens with zero attached hydrogens (tertiary/aromatic N) is 3. The fraction of sp³-hybridized carbons (Fsp3) is 0.333. The topological polar surface area (TPSA) is 109 Å². The second kappa shape index (κ2) is 7.76. The number of ether oxygens (including phenoxy) is 2. The highest BCUT2D eigenvalue weighted by Crippen LogP contribution is 2.32. The van der Waals surface area contributed by atoms with Gasteiger partial charge in [0, 0.05) is 18.8 Å². The van der Waals surface area contributed by atoms with E-state index in [1.54, 1.807) is 6.92 Å². The molecule has 0 atom stereocenters. The molecule has 0 bridgehead atoms. The van der Waals surface area contributed by atoms with Crippen LogP contribution in [0.15, 0.2) is 18.2 Å². The predicted octanol–water partition coefficient (Wildman–Crippen LogP) is 2.89. The number of aromatic nitrogens is 2. The minimum absolute atomic E-state index is 0.00119. The molecular weight excluding hydrogens is 354 g/mol. The second-order valence-corrected chi connectivity index (χ2v) is 5.09. The number of alkyl halides is 2. The van der Waals surface area contributed by atoms with Gasteiger partial charge >= 0.3 is 12.3 Å². The largest absolute Gasteiger partial charge is 0.490 e. The highest BCUT2D eigenvalue weighted by atomic mass is 19.3. The first kappa shape index (κ1) is 19.1. The summed E-state index contributed by atoms with van der Waals surface area (Å²) in [7, 11) is 1.40. The first-order chi connectivity index (χ1) is 12.2. The van der Waals surface area contributed by atoms with Gasteiger partial charge in [-0.3, -0.25) is 19.6 Å². The number of benzene rings is 1. The molecule has 1 heterocycles. The van der Waals surface area contributed by atoms with Crippen molar-refractivity contribution in [2.75, 3.05) is 11.9 Å². The van der Waals surface area contributed by atoms with Crippen molar-refractivity contribution >= 4 is 17.3 Å². The summed E-state index contributed by atoms with van der Waals surface area (Å²) in [6, 6.07) is 3.80. The molecule has 0 aliphatic rings. The van der Waals surface area contributed by atoms with Gasteiger partial charge in [0.1, 0.15) is 5.69 Å². The molecule has 0 saturated carbocycles. The van der Waals surface area contributed by atoms with E-state index >= 15 is 0 Å². The van der Waals surface area contributed by atoms with Crippen LogP contribution in [0.3, 0.4) is 0 Å². The quantitative estimate of drug-likeness (QED) is 0.593. The van der Waals surface area contributed by atoms with Gasteiger partial charge in [0.05, 0.1) is 11.5 Å². The Morgan fingerprint density at radius 1 is 1.42 bits per heavy atom. The van der Waals surface area contributed by atoms with E-state index < -0.39 is 23.1 Å². The molecule has 26 heavy (non-hydrogen) atoms. The van der Waals surface area contributed by atoms with Gasteiger partial charge in [-0.05, 0) is 26.0 Å². The molecule has 2 aromatic rings. The van der Waals surface area contributed by atoms with Crippen LogP contribution in [0.4, 0.5) is 20.2 Å². The van der Waals surface area contributed by atoms with Crippen molar-refractivity contribution in [3.8, 4) is 11.5 Å². The van der Waals surface area contributed by atoms with E-state index in [0.717, 1.165) is 4.68 Å². The fourth-order valence-corrected chi connectivity index (χ4v) is 2.36. The molecule has 1 N–H and O–H groups in total. The smallest absolute Gasteiger partial charge is 0.387 e. The van der Waals surface area contributed by atoms with Crippen LogP contribution in [0, 0.1) is 17.0 Å². The van der Waals surface area contributed by atoms with Crippen LogP contribution < -0.4 is 14.8 Å². The molecule has 0 saturated heterocycles. The number of nitro groups is 1. The summed E-state index contributed by atoms with van der Waals surface area (Å²) >= 11 is 0. The van der Waals surface area contributed by atoms with E-state index in [0.29, 0.717) is 0 Å². The normalized spacial score (nSPS) is 10.7. The molecule has 2 rings (SSSR count). The molecular formula is C15H16F2N4O5. The maximum absolute atomic E-state index is 12.4. The summed E-state index contributed by atoms with van der Waals surface area (Å²) in [6.45, 7) is 0.218. The lowest BCUT2D eigenvalue weighted by molar-refractivity contribution is -0.385.